The Kier molecular flexibility index (Phi) is 3.22. The average molecular weight is 240 g/mol. The molecule has 0 aliphatic carbocycles. The van der Waals surface area contributed by atoms with E-state index in [4.69, 9.17) is 9.84 Å². The van der Waals surface area contributed by atoms with Gasteiger partial charge in [0.2, 0.25) is 0 Å². The van der Waals surface area contributed by atoms with Crippen molar-refractivity contribution in [2.24, 2.45) is 0 Å². The number of aromatic amines is 1. The van der Waals surface area contributed by atoms with Crippen LogP contribution >= 0.6 is 0 Å². The third-order valence-corrected chi connectivity index (χ3v) is 2.58. The van der Waals surface area contributed by atoms with Gasteiger partial charge in [0.05, 0.1) is 6.20 Å². The lowest BCUT2D eigenvalue weighted by Gasteiger charge is -2.20. The molecular formula is C9H12N4O4. The Balaban J connectivity index is 1.89. The molecule has 1 saturated heterocycles. The van der Waals surface area contributed by atoms with Gasteiger partial charge >= 0.3 is 12.1 Å². The van der Waals surface area contributed by atoms with E-state index in [1.54, 1.807) is 0 Å². The zero-order valence-electron chi connectivity index (χ0n) is 9.00. The third kappa shape index (κ3) is 2.52. The first kappa shape index (κ1) is 11.4. The molecule has 2 heterocycles. The minimum Gasteiger partial charge on any atom is -0.480 e. The molecule has 1 fully saturated rings. The van der Waals surface area contributed by atoms with E-state index in [1.807, 2.05) is 0 Å². The fourth-order valence-electron chi connectivity index (χ4n) is 1.76. The van der Waals surface area contributed by atoms with Crippen molar-refractivity contribution in [3.05, 3.63) is 11.9 Å². The Morgan fingerprint density at radius 1 is 1.65 bits per heavy atom. The summed E-state index contributed by atoms with van der Waals surface area (Å²) in [6.07, 6.45) is 1.95. The molecule has 8 heteroatoms. The van der Waals surface area contributed by atoms with E-state index in [0.717, 1.165) is 0 Å². The molecule has 92 valence electrons. The number of carboxylic acids is 1. The molecule has 0 radical (unpaired) electrons. The van der Waals surface area contributed by atoms with Crippen molar-refractivity contribution >= 4 is 12.1 Å². The van der Waals surface area contributed by atoms with Crippen molar-refractivity contribution in [3.63, 3.8) is 0 Å². The number of carbonyl (C=O) groups excluding carboxylic acids is 1. The number of likely N-dealkylation sites (tertiary alicyclic amines) is 1. The van der Waals surface area contributed by atoms with E-state index in [1.165, 1.54) is 11.1 Å². The smallest absolute Gasteiger partial charge is 0.410 e. The summed E-state index contributed by atoms with van der Waals surface area (Å²) in [5, 5.41) is 18.6. The number of hydrogen-bond acceptors (Lipinski definition) is 5. The molecule has 1 aromatic rings. The van der Waals surface area contributed by atoms with E-state index in [0.29, 0.717) is 25.1 Å². The molecule has 0 aromatic carbocycles. The second-order valence-corrected chi connectivity index (χ2v) is 3.71. The monoisotopic (exact) mass is 240 g/mol. The summed E-state index contributed by atoms with van der Waals surface area (Å²) in [7, 11) is 0. The first-order valence-corrected chi connectivity index (χ1v) is 5.19. The quantitative estimate of drug-likeness (QED) is 0.769. The number of nitrogens with one attached hydrogen (secondary N) is 1. The topological polar surface area (TPSA) is 108 Å². The van der Waals surface area contributed by atoms with Crippen LogP contribution in [0.3, 0.4) is 0 Å². The standard InChI is InChI=1S/C9H12N4O4/c14-8(15)7-2-1-3-13(7)9(16)17-5-6-4-10-12-11-6/h4,7H,1-3,5H2,(H,14,15)(H,10,11,12)/t7-/m1/s1. The number of nitrogens with zero attached hydrogens (tertiary/aromatic N) is 3. The van der Waals surface area contributed by atoms with Gasteiger partial charge in [-0.1, -0.05) is 0 Å². The van der Waals surface area contributed by atoms with E-state index in [-0.39, 0.29) is 6.61 Å². The molecule has 17 heavy (non-hydrogen) atoms. The molecule has 2 rings (SSSR count). The lowest BCUT2D eigenvalue weighted by molar-refractivity contribution is -0.141. The highest BCUT2D eigenvalue weighted by molar-refractivity contribution is 5.80. The molecule has 0 bridgehead atoms. The Hall–Kier alpha value is -2.12. The van der Waals surface area contributed by atoms with Crippen molar-refractivity contribution in [1.82, 2.24) is 20.3 Å². The first-order valence-electron chi connectivity index (χ1n) is 5.19. The van der Waals surface area contributed by atoms with Crippen LogP contribution in [0.25, 0.3) is 0 Å². The fourth-order valence-corrected chi connectivity index (χ4v) is 1.76. The van der Waals surface area contributed by atoms with Crippen LogP contribution in [0.5, 0.6) is 0 Å². The van der Waals surface area contributed by atoms with Gasteiger partial charge in [-0.25, -0.2) is 9.59 Å². The minimum atomic E-state index is -0.999. The van der Waals surface area contributed by atoms with Crippen LogP contribution in [0.15, 0.2) is 6.20 Å². The zero-order chi connectivity index (χ0) is 12.3. The van der Waals surface area contributed by atoms with Crippen LogP contribution in [-0.2, 0) is 16.1 Å². The van der Waals surface area contributed by atoms with Gasteiger partial charge < -0.3 is 9.84 Å². The lowest BCUT2D eigenvalue weighted by atomic mass is 10.2. The van der Waals surface area contributed by atoms with Crippen LogP contribution < -0.4 is 0 Å². The predicted molar refractivity (Wildman–Crippen MR) is 53.9 cm³/mol. The first-order chi connectivity index (χ1) is 8.18. The predicted octanol–water partition coefficient (Wildman–Crippen LogP) is -0.00970. The largest absolute Gasteiger partial charge is 0.480 e. The lowest BCUT2D eigenvalue weighted by Crippen LogP contribution is -2.40. The van der Waals surface area contributed by atoms with E-state index < -0.39 is 18.1 Å². The second-order valence-electron chi connectivity index (χ2n) is 3.71. The van der Waals surface area contributed by atoms with E-state index in [9.17, 15) is 9.59 Å². The van der Waals surface area contributed by atoms with Gasteiger partial charge in [-0.15, -0.1) is 0 Å². The normalized spacial score (nSPS) is 19.3. The number of aliphatic carboxylic acids is 1. The maximum atomic E-state index is 11.6. The molecule has 2 N–H and O–H groups in total. The summed E-state index contributed by atoms with van der Waals surface area (Å²) in [6, 6.07) is -0.778. The number of hydrogen-bond donors (Lipinski definition) is 2. The Morgan fingerprint density at radius 3 is 3.12 bits per heavy atom. The van der Waals surface area contributed by atoms with Gasteiger partial charge in [-0.3, -0.25) is 4.90 Å². The number of H-pyrrole nitrogens is 1. The molecule has 1 aliphatic rings. The molecular weight excluding hydrogens is 228 g/mol. The Bertz CT molecular complexity index is 405. The van der Waals surface area contributed by atoms with Crippen molar-refractivity contribution < 1.29 is 19.4 Å². The van der Waals surface area contributed by atoms with Crippen molar-refractivity contribution in [2.45, 2.75) is 25.5 Å². The summed E-state index contributed by atoms with van der Waals surface area (Å²) in [5.41, 5.74) is 0.490. The summed E-state index contributed by atoms with van der Waals surface area (Å²) in [4.78, 5) is 23.7. The average Bonchev–Trinajstić information content (AvgIpc) is 2.96. The number of carbonyl (C=O) groups is 2. The van der Waals surface area contributed by atoms with Crippen LogP contribution in [0, 0.1) is 0 Å². The number of aromatic nitrogens is 3. The molecule has 1 amide bonds. The number of rotatable bonds is 3. The van der Waals surface area contributed by atoms with E-state index >= 15 is 0 Å². The zero-order valence-corrected chi connectivity index (χ0v) is 9.00. The summed E-state index contributed by atoms with van der Waals surface area (Å²) < 4.78 is 4.95. The number of ether oxygens (including phenoxy) is 1. The summed E-state index contributed by atoms with van der Waals surface area (Å²) in [5.74, 6) is -0.999. The van der Waals surface area contributed by atoms with Crippen LogP contribution in [0.4, 0.5) is 4.79 Å². The molecule has 0 unspecified atom stereocenters. The Morgan fingerprint density at radius 2 is 2.47 bits per heavy atom. The number of amides is 1. The highest BCUT2D eigenvalue weighted by atomic mass is 16.6. The fraction of sp³-hybridized carbons (Fsp3) is 0.556. The molecule has 8 nitrogen and oxygen atoms in total. The van der Waals surface area contributed by atoms with E-state index in [2.05, 4.69) is 15.4 Å². The molecule has 1 aromatic heterocycles. The number of carboxylic acid groups (broad SMARTS) is 1. The van der Waals surface area contributed by atoms with Gasteiger partial charge in [0.1, 0.15) is 18.3 Å². The molecule has 1 aliphatic heterocycles. The minimum absolute atomic E-state index is 0.0157. The summed E-state index contributed by atoms with van der Waals surface area (Å²) in [6.45, 7) is 0.396. The van der Waals surface area contributed by atoms with Crippen molar-refractivity contribution in [2.75, 3.05) is 6.54 Å². The molecule has 0 saturated carbocycles. The van der Waals surface area contributed by atoms with Crippen LogP contribution in [0.1, 0.15) is 18.5 Å². The highest BCUT2D eigenvalue weighted by Crippen LogP contribution is 2.18. The van der Waals surface area contributed by atoms with Crippen molar-refractivity contribution in [3.8, 4) is 0 Å². The third-order valence-electron chi connectivity index (χ3n) is 2.58. The van der Waals surface area contributed by atoms with Gasteiger partial charge in [0.25, 0.3) is 0 Å². The maximum Gasteiger partial charge on any atom is 0.410 e. The van der Waals surface area contributed by atoms with Gasteiger partial charge in [-0.2, -0.15) is 15.4 Å². The van der Waals surface area contributed by atoms with Gasteiger partial charge in [0, 0.05) is 6.54 Å². The van der Waals surface area contributed by atoms with Crippen LogP contribution in [0.2, 0.25) is 0 Å². The second kappa shape index (κ2) is 4.81. The molecule has 0 spiro atoms. The molecule has 1 atom stereocenters. The Labute approximate surface area is 96.6 Å². The van der Waals surface area contributed by atoms with Gasteiger partial charge in [0.15, 0.2) is 0 Å². The van der Waals surface area contributed by atoms with Gasteiger partial charge in [-0.05, 0) is 12.8 Å². The maximum absolute atomic E-state index is 11.6. The summed E-state index contributed by atoms with van der Waals surface area (Å²) >= 11 is 0. The SMILES string of the molecule is O=C(O)[C@H]1CCCN1C(=O)OCc1cn[nH]n1. The highest BCUT2D eigenvalue weighted by Gasteiger charge is 2.34. The van der Waals surface area contributed by atoms with Crippen LogP contribution in [-0.4, -0.2) is 50.1 Å². The van der Waals surface area contributed by atoms with Crippen molar-refractivity contribution in [1.29, 1.82) is 0 Å².